The van der Waals surface area contributed by atoms with Crippen LogP contribution < -0.4 is 15.0 Å². The number of carbonyl (C=O) groups is 1. The molecule has 29 heavy (non-hydrogen) atoms. The number of aryl methyl sites for hydroxylation is 1. The van der Waals surface area contributed by atoms with E-state index in [0.717, 1.165) is 18.7 Å². The lowest BCUT2D eigenvalue weighted by Gasteiger charge is -2.11. The Labute approximate surface area is 166 Å². The van der Waals surface area contributed by atoms with E-state index >= 15 is 0 Å². The van der Waals surface area contributed by atoms with Gasteiger partial charge >= 0.3 is 5.97 Å². The Kier molecular flexibility index (Phi) is 5.60. The van der Waals surface area contributed by atoms with Crippen molar-refractivity contribution in [2.75, 3.05) is 14.2 Å². The maximum atomic E-state index is 13.1. The number of carbonyl (C=O) groups excluding carboxylic acids is 1. The standard InChI is InChI=1S/C21H17N3O5/c1-13-5-4-10-24-18(13)23-19(29-16-8-6-15(27-2)7-9-16)17(20(24)25)11-14(12-22)21(26)28-3/h4-11H,1-3H3/b14-11-. The molecular weight excluding hydrogens is 374 g/mol. The van der Waals surface area contributed by atoms with E-state index in [0.29, 0.717) is 17.1 Å². The highest BCUT2D eigenvalue weighted by molar-refractivity contribution is 5.98. The largest absolute Gasteiger partial charge is 0.497 e. The first-order chi connectivity index (χ1) is 14.0. The summed E-state index contributed by atoms with van der Waals surface area (Å²) in [7, 11) is 2.70. The van der Waals surface area contributed by atoms with E-state index < -0.39 is 11.5 Å². The number of nitrogens with zero attached hydrogens (tertiary/aromatic N) is 3. The van der Waals surface area contributed by atoms with E-state index in [1.807, 2.05) is 13.0 Å². The minimum atomic E-state index is -0.864. The van der Waals surface area contributed by atoms with Crippen LogP contribution in [0.4, 0.5) is 0 Å². The number of ether oxygens (including phenoxy) is 3. The zero-order valence-corrected chi connectivity index (χ0v) is 16.0. The maximum absolute atomic E-state index is 13.1. The van der Waals surface area contributed by atoms with Gasteiger partial charge in [-0.1, -0.05) is 6.07 Å². The second kappa shape index (κ2) is 8.27. The molecule has 0 aliphatic carbocycles. The Morgan fingerprint density at radius 1 is 1.17 bits per heavy atom. The molecule has 0 amide bonds. The van der Waals surface area contributed by atoms with E-state index in [4.69, 9.17) is 9.47 Å². The highest BCUT2D eigenvalue weighted by Crippen LogP contribution is 2.26. The van der Waals surface area contributed by atoms with Gasteiger partial charge in [0.15, 0.2) is 0 Å². The van der Waals surface area contributed by atoms with Crippen molar-refractivity contribution in [3.05, 3.63) is 69.6 Å². The fraction of sp³-hybridized carbons (Fsp3) is 0.143. The molecule has 3 aromatic rings. The third kappa shape index (κ3) is 3.94. The number of methoxy groups -OCH3 is 2. The smallest absolute Gasteiger partial charge is 0.348 e. The van der Waals surface area contributed by atoms with Gasteiger partial charge in [0.2, 0.25) is 5.88 Å². The quantitative estimate of drug-likeness (QED) is 0.374. The van der Waals surface area contributed by atoms with E-state index in [1.165, 1.54) is 4.40 Å². The number of benzene rings is 1. The van der Waals surface area contributed by atoms with E-state index in [2.05, 4.69) is 9.72 Å². The van der Waals surface area contributed by atoms with Crippen molar-refractivity contribution in [3.8, 4) is 23.4 Å². The van der Waals surface area contributed by atoms with Crippen LogP contribution in [0, 0.1) is 18.3 Å². The molecule has 2 aromatic heterocycles. The topological polar surface area (TPSA) is 103 Å². The molecule has 8 nitrogen and oxygen atoms in total. The molecule has 0 spiro atoms. The van der Waals surface area contributed by atoms with Crippen molar-refractivity contribution in [2.45, 2.75) is 6.92 Å². The third-order valence-corrected chi connectivity index (χ3v) is 4.14. The van der Waals surface area contributed by atoms with E-state index in [9.17, 15) is 14.9 Å². The lowest BCUT2D eigenvalue weighted by molar-refractivity contribution is -0.135. The van der Waals surface area contributed by atoms with Crippen LogP contribution in [0.1, 0.15) is 11.1 Å². The molecule has 1 aromatic carbocycles. The Bertz CT molecular complexity index is 1200. The van der Waals surface area contributed by atoms with Gasteiger partial charge in [-0.15, -0.1) is 0 Å². The minimum absolute atomic E-state index is 0.0360. The first-order valence-electron chi connectivity index (χ1n) is 8.52. The van der Waals surface area contributed by atoms with E-state index in [-0.39, 0.29) is 17.0 Å². The number of hydrogen-bond acceptors (Lipinski definition) is 7. The molecule has 0 atom stereocenters. The monoisotopic (exact) mass is 391 g/mol. The molecule has 8 heteroatoms. The number of nitriles is 1. The average Bonchev–Trinajstić information content (AvgIpc) is 2.74. The third-order valence-electron chi connectivity index (χ3n) is 4.14. The van der Waals surface area contributed by atoms with Gasteiger partial charge in [-0.25, -0.2) is 4.79 Å². The van der Waals surface area contributed by atoms with Crippen LogP contribution >= 0.6 is 0 Å². The molecule has 0 unspecified atom stereocenters. The van der Waals surface area contributed by atoms with Gasteiger partial charge in [0.05, 0.1) is 14.2 Å². The van der Waals surface area contributed by atoms with Crippen molar-refractivity contribution < 1.29 is 19.0 Å². The summed E-state index contributed by atoms with van der Waals surface area (Å²) < 4.78 is 16.9. The zero-order chi connectivity index (χ0) is 21.0. The maximum Gasteiger partial charge on any atom is 0.348 e. The molecule has 0 saturated heterocycles. The van der Waals surface area contributed by atoms with E-state index in [1.54, 1.807) is 49.7 Å². The predicted molar refractivity (Wildman–Crippen MR) is 105 cm³/mol. The van der Waals surface area contributed by atoms with Gasteiger partial charge in [0.25, 0.3) is 5.56 Å². The van der Waals surface area contributed by atoms with Crippen LogP contribution in [-0.2, 0) is 9.53 Å². The summed E-state index contributed by atoms with van der Waals surface area (Å²) in [5.41, 5.74) is 0.270. The fourth-order valence-electron chi connectivity index (χ4n) is 2.64. The lowest BCUT2D eigenvalue weighted by Crippen LogP contribution is -2.20. The Morgan fingerprint density at radius 2 is 1.86 bits per heavy atom. The summed E-state index contributed by atoms with van der Waals surface area (Å²) in [6, 6.07) is 11.9. The number of fused-ring (bicyclic) bond motifs is 1. The van der Waals surface area contributed by atoms with Crippen molar-refractivity contribution in [1.29, 1.82) is 5.26 Å². The summed E-state index contributed by atoms with van der Waals surface area (Å²) in [5, 5.41) is 9.27. The average molecular weight is 391 g/mol. The summed E-state index contributed by atoms with van der Waals surface area (Å²) in [6.07, 6.45) is 2.67. The van der Waals surface area contributed by atoms with Crippen LogP contribution in [0.25, 0.3) is 11.7 Å². The second-order valence-electron chi connectivity index (χ2n) is 5.96. The van der Waals surface area contributed by atoms with Crippen molar-refractivity contribution in [1.82, 2.24) is 9.38 Å². The molecule has 146 valence electrons. The van der Waals surface area contributed by atoms with Crippen LogP contribution in [0.3, 0.4) is 0 Å². The molecule has 3 rings (SSSR count). The molecule has 0 fully saturated rings. The van der Waals surface area contributed by atoms with Crippen molar-refractivity contribution in [2.24, 2.45) is 0 Å². The second-order valence-corrected chi connectivity index (χ2v) is 5.96. The number of pyridine rings is 1. The fourth-order valence-corrected chi connectivity index (χ4v) is 2.64. The predicted octanol–water partition coefficient (Wildman–Crippen LogP) is 2.88. The first-order valence-corrected chi connectivity index (χ1v) is 8.52. The van der Waals surface area contributed by atoms with Gasteiger partial charge < -0.3 is 14.2 Å². The van der Waals surface area contributed by atoms with Crippen LogP contribution in [0.2, 0.25) is 0 Å². The summed E-state index contributed by atoms with van der Waals surface area (Å²) in [4.78, 5) is 29.3. The summed E-state index contributed by atoms with van der Waals surface area (Å²) >= 11 is 0. The van der Waals surface area contributed by atoms with Gasteiger partial charge in [-0.3, -0.25) is 9.20 Å². The Balaban J connectivity index is 2.23. The Hall–Kier alpha value is -4.12. The highest BCUT2D eigenvalue weighted by atomic mass is 16.5. The highest BCUT2D eigenvalue weighted by Gasteiger charge is 2.18. The van der Waals surface area contributed by atoms with Gasteiger partial charge in [-0.2, -0.15) is 10.2 Å². The van der Waals surface area contributed by atoms with Crippen molar-refractivity contribution >= 4 is 17.7 Å². The van der Waals surface area contributed by atoms with Crippen LogP contribution in [-0.4, -0.2) is 29.6 Å². The summed E-state index contributed by atoms with van der Waals surface area (Å²) in [6.45, 7) is 1.81. The molecule has 0 radical (unpaired) electrons. The number of aromatic nitrogens is 2. The molecule has 0 saturated carbocycles. The number of hydrogen-bond donors (Lipinski definition) is 0. The lowest BCUT2D eigenvalue weighted by atomic mass is 10.2. The summed E-state index contributed by atoms with van der Waals surface area (Å²) in [5.74, 6) is 0.141. The normalized spacial score (nSPS) is 11.0. The molecule has 2 heterocycles. The van der Waals surface area contributed by atoms with Crippen LogP contribution in [0.15, 0.2) is 53.0 Å². The Morgan fingerprint density at radius 3 is 2.48 bits per heavy atom. The number of rotatable bonds is 5. The van der Waals surface area contributed by atoms with Gasteiger partial charge in [0, 0.05) is 6.20 Å². The molecule has 0 aliphatic rings. The van der Waals surface area contributed by atoms with Crippen molar-refractivity contribution in [3.63, 3.8) is 0 Å². The van der Waals surface area contributed by atoms with Crippen LogP contribution in [0.5, 0.6) is 17.4 Å². The number of esters is 1. The SMILES string of the molecule is COC(=O)/C(C#N)=C\c1c(Oc2ccc(OC)cc2)nc2c(C)cccn2c1=O. The zero-order valence-electron chi connectivity index (χ0n) is 16.0. The molecule has 0 N–H and O–H groups in total. The van der Waals surface area contributed by atoms with Gasteiger partial charge in [0.1, 0.15) is 34.4 Å². The first kappa shape index (κ1) is 19.6. The molecule has 0 aliphatic heterocycles. The molecule has 0 bridgehead atoms. The minimum Gasteiger partial charge on any atom is -0.497 e. The van der Waals surface area contributed by atoms with Gasteiger partial charge in [-0.05, 0) is 48.9 Å². The molecular formula is C21H17N3O5.